The van der Waals surface area contributed by atoms with Gasteiger partial charge in [-0.05, 0) is 30.5 Å². The minimum absolute atomic E-state index is 0.129. The van der Waals surface area contributed by atoms with Crippen LogP contribution in [0.25, 0.3) is 28.2 Å². The smallest absolute Gasteiger partial charge is 0.164 e. The summed E-state index contributed by atoms with van der Waals surface area (Å²) >= 11 is 0. The standard InChI is InChI=1S/C27H31N5O/c1-18(2)23(30-19(3)4)10-11-26(33)21-12-14-28-25(16-21)22-17-29-32-15-13-24(31-27(22)32)20-8-6-5-7-9-20/h5-9,12-19,23,30H,10-11H2,1-4H3. The molecule has 4 aromatic rings. The second-order valence-corrected chi connectivity index (χ2v) is 9.07. The maximum atomic E-state index is 13.0. The summed E-state index contributed by atoms with van der Waals surface area (Å²) in [5.41, 5.74) is 4.81. The lowest BCUT2D eigenvalue weighted by Crippen LogP contribution is -2.38. The Kier molecular flexibility index (Phi) is 6.94. The van der Waals surface area contributed by atoms with Crippen LogP contribution in [-0.2, 0) is 0 Å². The third-order valence-corrected chi connectivity index (χ3v) is 5.83. The first-order valence-electron chi connectivity index (χ1n) is 11.6. The van der Waals surface area contributed by atoms with Gasteiger partial charge in [-0.1, -0.05) is 58.0 Å². The van der Waals surface area contributed by atoms with Gasteiger partial charge in [0.25, 0.3) is 0 Å². The fraction of sp³-hybridized carbons (Fsp3) is 0.333. The highest BCUT2D eigenvalue weighted by atomic mass is 16.1. The molecule has 0 aliphatic heterocycles. The zero-order chi connectivity index (χ0) is 23.4. The summed E-state index contributed by atoms with van der Waals surface area (Å²) in [6.07, 6.45) is 6.66. The van der Waals surface area contributed by atoms with Crippen LogP contribution in [0, 0.1) is 5.92 Å². The van der Waals surface area contributed by atoms with Gasteiger partial charge in [-0.15, -0.1) is 0 Å². The maximum absolute atomic E-state index is 13.0. The van der Waals surface area contributed by atoms with Crippen LogP contribution < -0.4 is 5.32 Å². The zero-order valence-corrected chi connectivity index (χ0v) is 19.7. The highest BCUT2D eigenvalue weighted by Crippen LogP contribution is 2.25. The van der Waals surface area contributed by atoms with E-state index < -0.39 is 0 Å². The van der Waals surface area contributed by atoms with E-state index in [0.717, 1.165) is 28.9 Å². The predicted octanol–water partition coefficient (Wildman–Crippen LogP) is 5.44. The Morgan fingerprint density at radius 3 is 2.55 bits per heavy atom. The van der Waals surface area contributed by atoms with Crippen molar-refractivity contribution in [3.63, 3.8) is 0 Å². The average molecular weight is 442 g/mol. The largest absolute Gasteiger partial charge is 0.312 e. The maximum Gasteiger partial charge on any atom is 0.164 e. The molecule has 0 fully saturated rings. The topological polar surface area (TPSA) is 72.2 Å². The van der Waals surface area contributed by atoms with Crippen molar-refractivity contribution < 1.29 is 4.79 Å². The van der Waals surface area contributed by atoms with Gasteiger partial charge in [-0.2, -0.15) is 5.10 Å². The molecule has 0 aliphatic carbocycles. The van der Waals surface area contributed by atoms with E-state index in [1.54, 1.807) is 23.0 Å². The minimum Gasteiger partial charge on any atom is -0.312 e. The van der Waals surface area contributed by atoms with Crippen molar-refractivity contribution in [2.45, 2.75) is 52.6 Å². The molecule has 6 heteroatoms. The normalized spacial score (nSPS) is 12.5. The predicted molar refractivity (Wildman–Crippen MR) is 132 cm³/mol. The van der Waals surface area contributed by atoms with Crippen LogP contribution in [0.1, 0.15) is 50.9 Å². The molecular formula is C27H31N5O. The molecule has 1 aromatic carbocycles. The van der Waals surface area contributed by atoms with Crippen LogP contribution in [0.15, 0.2) is 67.1 Å². The highest BCUT2D eigenvalue weighted by Gasteiger charge is 2.18. The van der Waals surface area contributed by atoms with Crippen LogP contribution in [0.3, 0.4) is 0 Å². The molecule has 1 atom stereocenters. The first kappa shape index (κ1) is 22.8. The number of ketones is 1. The summed E-state index contributed by atoms with van der Waals surface area (Å²) in [7, 11) is 0. The number of fused-ring (bicyclic) bond motifs is 1. The Hall–Kier alpha value is -3.38. The summed E-state index contributed by atoms with van der Waals surface area (Å²) in [5, 5.41) is 8.01. The van der Waals surface area contributed by atoms with E-state index in [2.05, 4.69) is 43.1 Å². The van der Waals surface area contributed by atoms with Gasteiger partial charge in [0.1, 0.15) is 0 Å². The molecule has 6 nitrogen and oxygen atoms in total. The van der Waals surface area contributed by atoms with Crippen LogP contribution >= 0.6 is 0 Å². The van der Waals surface area contributed by atoms with Gasteiger partial charge in [0, 0.05) is 42.0 Å². The fourth-order valence-electron chi connectivity index (χ4n) is 4.04. The minimum atomic E-state index is 0.129. The third-order valence-electron chi connectivity index (χ3n) is 5.83. The summed E-state index contributed by atoms with van der Waals surface area (Å²) in [6, 6.07) is 16.3. The first-order valence-corrected chi connectivity index (χ1v) is 11.6. The SMILES string of the molecule is CC(C)NC(CCC(=O)c1ccnc(-c2cnn3ccc(-c4ccccc4)nc23)c1)C(C)C. The number of aromatic nitrogens is 4. The molecule has 1 unspecified atom stereocenters. The van der Waals surface area contributed by atoms with Gasteiger partial charge >= 0.3 is 0 Å². The monoisotopic (exact) mass is 441 g/mol. The van der Waals surface area contributed by atoms with Gasteiger partial charge in [0.15, 0.2) is 11.4 Å². The summed E-state index contributed by atoms with van der Waals surface area (Å²) in [4.78, 5) is 22.3. The van der Waals surface area contributed by atoms with Crippen molar-refractivity contribution in [3.05, 3.63) is 72.7 Å². The van der Waals surface area contributed by atoms with E-state index in [1.807, 2.05) is 48.7 Å². The lowest BCUT2D eigenvalue weighted by molar-refractivity contribution is 0.0972. The van der Waals surface area contributed by atoms with Gasteiger partial charge in [0.05, 0.1) is 23.1 Å². The number of pyridine rings is 1. The number of carbonyl (C=O) groups is 1. The second kappa shape index (κ2) is 10.0. The van der Waals surface area contributed by atoms with Crippen LogP contribution in [0.4, 0.5) is 0 Å². The lowest BCUT2D eigenvalue weighted by Gasteiger charge is -2.24. The van der Waals surface area contributed by atoms with Crippen molar-refractivity contribution in [3.8, 4) is 22.5 Å². The van der Waals surface area contributed by atoms with Gasteiger partial charge in [0.2, 0.25) is 0 Å². The Bertz CT molecular complexity index is 1230. The zero-order valence-electron chi connectivity index (χ0n) is 19.7. The summed E-state index contributed by atoms with van der Waals surface area (Å²) in [6.45, 7) is 8.66. The number of rotatable bonds is 9. The fourth-order valence-corrected chi connectivity index (χ4v) is 4.04. The average Bonchev–Trinajstić information content (AvgIpc) is 3.25. The Balaban J connectivity index is 1.58. The number of benzene rings is 1. The Labute approximate surface area is 195 Å². The van der Waals surface area contributed by atoms with Crippen molar-refractivity contribution in [2.24, 2.45) is 5.92 Å². The summed E-state index contributed by atoms with van der Waals surface area (Å²) < 4.78 is 1.74. The number of hydrogen-bond donors (Lipinski definition) is 1. The van der Waals surface area contributed by atoms with E-state index in [-0.39, 0.29) is 5.78 Å². The number of nitrogens with zero attached hydrogens (tertiary/aromatic N) is 4. The number of hydrogen-bond acceptors (Lipinski definition) is 5. The molecule has 3 heterocycles. The second-order valence-electron chi connectivity index (χ2n) is 9.07. The van der Waals surface area contributed by atoms with E-state index in [1.165, 1.54) is 0 Å². The molecule has 0 amide bonds. The van der Waals surface area contributed by atoms with E-state index in [0.29, 0.717) is 35.7 Å². The molecule has 0 bridgehead atoms. The van der Waals surface area contributed by atoms with Crippen LogP contribution in [0.2, 0.25) is 0 Å². The molecule has 1 N–H and O–H groups in total. The molecule has 0 spiro atoms. The Morgan fingerprint density at radius 2 is 1.82 bits per heavy atom. The molecule has 3 aromatic heterocycles. The van der Waals surface area contributed by atoms with E-state index in [4.69, 9.17) is 4.98 Å². The van der Waals surface area contributed by atoms with Gasteiger partial charge < -0.3 is 5.32 Å². The quantitative estimate of drug-likeness (QED) is 0.350. The summed E-state index contributed by atoms with van der Waals surface area (Å²) in [5.74, 6) is 0.598. The number of carbonyl (C=O) groups excluding carboxylic acids is 1. The molecule has 4 rings (SSSR count). The molecule has 0 saturated heterocycles. The highest BCUT2D eigenvalue weighted by molar-refractivity contribution is 5.97. The van der Waals surface area contributed by atoms with Crippen molar-refractivity contribution in [1.29, 1.82) is 0 Å². The number of nitrogens with one attached hydrogen (secondary N) is 1. The molecule has 0 saturated carbocycles. The molecule has 170 valence electrons. The van der Waals surface area contributed by atoms with Gasteiger partial charge in [-0.25, -0.2) is 9.50 Å². The third kappa shape index (κ3) is 5.34. The Morgan fingerprint density at radius 1 is 1.03 bits per heavy atom. The van der Waals surface area contributed by atoms with Crippen LogP contribution in [0.5, 0.6) is 0 Å². The lowest BCUT2D eigenvalue weighted by atomic mass is 9.95. The van der Waals surface area contributed by atoms with E-state index in [9.17, 15) is 4.79 Å². The molecule has 0 aliphatic rings. The van der Waals surface area contributed by atoms with Crippen molar-refractivity contribution >= 4 is 11.4 Å². The van der Waals surface area contributed by atoms with E-state index >= 15 is 0 Å². The van der Waals surface area contributed by atoms with Crippen molar-refractivity contribution in [2.75, 3.05) is 0 Å². The first-order chi connectivity index (χ1) is 15.9. The molecule has 0 radical (unpaired) electrons. The van der Waals surface area contributed by atoms with Crippen LogP contribution in [-0.4, -0.2) is 37.4 Å². The molecular weight excluding hydrogens is 410 g/mol. The van der Waals surface area contributed by atoms with Crippen molar-refractivity contribution in [1.82, 2.24) is 24.9 Å². The molecule has 33 heavy (non-hydrogen) atoms. The number of Topliss-reactive ketones (excluding diaryl/α,β-unsaturated/α-hetero) is 1. The van der Waals surface area contributed by atoms with Gasteiger partial charge in [-0.3, -0.25) is 9.78 Å².